The average molecular weight is 364 g/mol. The van der Waals surface area contributed by atoms with Gasteiger partial charge in [-0.1, -0.05) is 44.2 Å². The smallest absolute Gasteiger partial charge is 0.217 e. The molecular formula is C22H21FN2O2. The Morgan fingerprint density at radius 3 is 2.59 bits per heavy atom. The number of aliphatic hydroxyl groups excluding tert-OH is 1. The van der Waals surface area contributed by atoms with E-state index in [2.05, 4.69) is 4.98 Å². The van der Waals surface area contributed by atoms with Crippen LogP contribution in [0.4, 0.5) is 4.39 Å². The second-order valence-electron chi connectivity index (χ2n) is 6.81. The van der Waals surface area contributed by atoms with Gasteiger partial charge in [0, 0.05) is 22.4 Å². The van der Waals surface area contributed by atoms with Crippen molar-refractivity contribution in [3.63, 3.8) is 0 Å². The van der Waals surface area contributed by atoms with Gasteiger partial charge in [0.15, 0.2) is 0 Å². The fourth-order valence-electron chi connectivity index (χ4n) is 3.40. The SMILES string of the molecule is COc1nc(-c2ccc3cccc(F)c3c2)ccc1C(C(C)C)C(O)C#N. The molecule has 0 aliphatic heterocycles. The lowest BCUT2D eigenvalue weighted by atomic mass is 9.84. The summed E-state index contributed by atoms with van der Waals surface area (Å²) in [6.07, 6.45) is -1.15. The summed E-state index contributed by atoms with van der Waals surface area (Å²) >= 11 is 0. The van der Waals surface area contributed by atoms with E-state index in [0.29, 0.717) is 22.5 Å². The maximum absolute atomic E-state index is 14.1. The van der Waals surface area contributed by atoms with Gasteiger partial charge >= 0.3 is 0 Å². The topological polar surface area (TPSA) is 66.1 Å². The molecule has 0 saturated carbocycles. The number of methoxy groups -OCH3 is 1. The summed E-state index contributed by atoms with van der Waals surface area (Å²) in [5.74, 6) is -0.319. The van der Waals surface area contributed by atoms with Crippen LogP contribution >= 0.6 is 0 Å². The summed E-state index contributed by atoms with van der Waals surface area (Å²) < 4.78 is 19.5. The zero-order chi connectivity index (χ0) is 19.6. The van der Waals surface area contributed by atoms with E-state index in [1.807, 2.05) is 44.2 Å². The van der Waals surface area contributed by atoms with E-state index in [1.165, 1.54) is 13.2 Å². The summed E-state index contributed by atoms with van der Waals surface area (Å²) in [5, 5.41) is 20.6. The lowest BCUT2D eigenvalue weighted by Gasteiger charge is -2.24. The Kier molecular flexibility index (Phi) is 5.38. The van der Waals surface area contributed by atoms with Gasteiger partial charge in [0.25, 0.3) is 0 Å². The molecule has 3 aromatic rings. The first-order valence-electron chi connectivity index (χ1n) is 8.77. The Labute approximate surface area is 157 Å². The van der Waals surface area contributed by atoms with Crippen molar-refractivity contribution in [2.75, 3.05) is 7.11 Å². The molecule has 0 amide bonds. The molecule has 0 radical (unpaired) electrons. The van der Waals surface area contributed by atoms with Crippen molar-refractivity contribution in [3.05, 3.63) is 59.9 Å². The molecular weight excluding hydrogens is 343 g/mol. The van der Waals surface area contributed by atoms with Crippen molar-refractivity contribution in [2.45, 2.75) is 25.9 Å². The highest BCUT2D eigenvalue weighted by molar-refractivity contribution is 5.87. The van der Waals surface area contributed by atoms with Crippen molar-refractivity contribution < 1.29 is 14.2 Å². The highest BCUT2D eigenvalue weighted by Crippen LogP contribution is 2.35. The van der Waals surface area contributed by atoms with E-state index in [9.17, 15) is 9.50 Å². The molecule has 1 aromatic heterocycles. The monoisotopic (exact) mass is 364 g/mol. The van der Waals surface area contributed by atoms with Gasteiger partial charge in [0.05, 0.1) is 18.9 Å². The van der Waals surface area contributed by atoms with Crippen molar-refractivity contribution in [1.82, 2.24) is 4.98 Å². The Morgan fingerprint density at radius 2 is 1.93 bits per heavy atom. The minimum absolute atomic E-state index is 0.0240. The van der Waals surface area contributed by atoms with E-state index in [-0.39, 0.29) is 11.7 Å². The molecule has 4 nitrogen and oxygen atoms in total. The molecule has 0 saturated heterocycles. The van der Waals surface area contributed by atoms with Crippen LogP contribution in [0, 0.1) is 23.1 Å². The van der Waals surface area contributed by atoms with Crippen molar-refractivity contribution in [3.8, 4) is 23.2 Å². The first kappa shape index (κ1) is 18.8. The number of nitriles is 1. The third-order valence-electron chi connectivity index (χ3n) is 4.76. The van der Waals surface area contributed by atoms with Gasteiger partial charge < -0.3 is 9.84 Å². The Balaban J connectivity index is 2.09. The van der Waals surface area contributed by atoms with Gasteiger partial charge in [-0.3, -0.25) is 0 Å². The first-order valence-corrected chi connectivity index (χ1v) is 8.77. The molecule has 0 spiro atoms. The van der Waals surface area contributed by atoms with Crippen molar-refractivity contribution in [2.24, 2.45) is 5.92 Å². The Hall–Kier alpha value is -2.97. The number of hydrogen-bond acceptors (Lipinski definition) is 4. The lowest BCUT2D eigenvalue weighted by Crippen LogP contribution is -2.22. The molecule has 0 bridgehead atoms. The lowest BCUT2D eigenvalue weighted by molar-refractivity contribution is 0.170. The molecule has 5 heteroatoms. The van der Waals surface area contributed by atoms with Crippen LogP contribution in [0.1, 0.15) is 25.3 Å². The number of aliphatic hydroxyl groups is 1. The van der Waals surface area contributed by atoms with Crippen molar-refractivity contribution in [1.29, 1.82) is 5.26 Å². The summed E-state index contributed by atoms with van der Waals surface area (Å²) in [4.78, 5) is 4.55. The van der Waals surface area contributed by atoms with Crippen LogP contribution < -0.4 is 4.74 Å². The van der Waals surface area contributed by atoms with Gasteiger partial charge in [-0.25, -0.2) is 9.37 Å². The minimum atomic E-state index is -1.15. The summed E-state index contributed by atoms with van der Waals surface area (Å²) in [6.45, 7) is 3.87. The Morgan fingerprint density at radius 1 is 1.15 bits per heavy atom. The van der Waals surface area contributed by atoms with Gasteiger partial charge in [-0.05, 0) is 29.5 Å². The molecule has 0 aliphatic carbocycles. The average Bonchev–Trinajstić information content (AvgIpc) is 2.68. The summed E-state index contributed by atoms with van der Waals surface area (Å²) in [5.41, 5.74) is 2.08. The summed E-state index contributed by atoms with van der Waals surface area (Å²) in [6, 6.07) is 16.0. The number of ether oxygens (including phenoxy) is 1. The summed E-state index contributed by atoms with van der Waals surface area (Å²) in [7, 11) is 1.51. The van der Waals surface area contributed by atoms with E-state index in [1.54, 1.807) is 18.2 Å². The third-order valence-corrected chi connectivity index (χ3v) is 4.76. The van der Waals surface area contributed by atoms with Gasteiger partial charge in [-0.15, -0.1) is 0 Å². The molecule has 1 heterocycles. The van der Waals surface area contributed by atoms with Gasteiger partial charge in [-0.2, -0.15) is 5.26 Å². The zero-order valence-corrected chi connectivity index (χ0v) is 15.5. The van der Waals surface area contributed by atoms with Crippen LogP contribution in [0.2, 0.25) is 0 Å². The molecule has 138 valence electrons. The molecule has 3 rings (SSSR count). The minimum Gasteiger partial charge on any atom is -0.481 e. The molecule has 27 heavy (non-hydrogen) atoms. The number of fused-ring (bicyclic) bond motifs is 1. The highest BCUT2D eigenvalue weighted by atomic mass is 19.1. The fraction of sp³-hybridized carbons (Fsp3) is 0.273. The molecule has 1 N–H and O–H groups in total. The predicted molar refractivity (Wildman–Crippen MR) is 103 cm³/mol. The number of rotatable bonds is 5. The van der Waals surface area contributed by atoms with Crippen LogP contribution in [0.25, 0.3) is 22.0 Å². The van der Waals surface area contributed by atoms with Gasteiger partial charge in [0.1, 0.15) is 11.9 Å². The van der Waals surface area contributed by atoms with E-state index < -0.39 is 12.0 Å². The van der Waals surface area contributed by atoms with E-state index >= 15 is 0 Å². The second kappa shape index (κ2) is 7.73. The third kappa shape index (κ3) is 3.62. The largest absolute Gasteiger partial charge is 0.481 e. The van der Waals surface area contributed by atoms with Crippen LogP contribution in [-0.2, 0) is 0 Å². The highest BCUT2D eigenvalue weighted by Gasteiger charge is 2.28. The Bertz CT molecular complexity index is 1010. The molecule has 0 aliphatic rings. The molecule has 2 unspecified atom stereocenters. The number of hydrogen-bond donors (Lipinski definition) is 1. The van der Waals surface area contributed by atoms with E-state index in [0.717, 1.165) is 10.9 Å². The number of aromatic nitrogens is 1. The number of benzene rings is 2. The van der Waals surface area contributed by atoms with Crippen LogP contribution in [0.3, 0.4) is 0 Å². The first-order chi connectivity index (χ1) is 13.0. The maximum Gasteiger partial charge on any atom is 0.217 e. The fourth-order valence-corrected chi connectivity index (χ4v) is 3.40. The molecule has 2 atom stereocenters. The van der Waals surface area contributed by atoms with E-state index in [4.69, 9.17) is 10.00 Å². The normalized spacial score (nSPS) is 13.4. The predicted octanol–water partition coefficient (Wildman–Crippen LogP) is 4.67. The van der Waals surface area contributed by atoms with Crippen LogP contribution in [-0.4, -0.2) is 23.3 Å². The van der Waals surface area contributed by atoms with Gasteiger partial charge in [0.2, 0.25) is 5.88 Å². The number of nitrogens with zero attached hydrogens (tertiary/aromatic N) is 2. The number of pyridine rings is 1. The zero-order valence-electron chi connectivity index (χ0n) is 15.5. The van der Waals surface area contributed by atoms with Crippen LogP contribution in [0.15, 0.2) is 48.5 Å². The van der Waals surface area contributed by atoms with Crippen LogP contribution in [0.5, 0.6) is 5.88 Å². The second-order valence-corrected chi connectivity index (χ2v) is 6.81. The van der Waals surface area contributed by atoms with Crippen molar-refractivity contribution >= 4 is 10.8 Å². The standard InChI is InChI=1S/C22H21FN2O2/c1-13(2)21(20(26)12-24)16-9-10-19(25-22(16)27-3)15-8-7-14-5-4-6-18(23)17(14)11-15/h4-11,13,20-21,26H,1-3H3. The molecule has 0 fully saturated rings. The molecule has 2 aromatic carbocycles. The number of halogens is 1. The quantitative estimate of drug-likeness (QED) is 0.668. The maximum atomic E-state index is 14.1.